The van der Waals surface area contributed by atoms with E-state index in [2.05, 4.69) is 9.78 Å². The van der Waals surface area contributed by atoms with Gasteiger partial charge in [0.2, 0.25) is 0 Å². The fourth-order valence-electron chi connectivity index (χ4n) is 1.95. The Bertz CT molecular complexity index is 506. The van der Waals surface area contributed by atoms with Crippen LogP contribution in [0.4, 0.5) is 0 Å². The van der Waals surface area contributed by atoms with Gasteiger partial charge in [0.1, 0.15) is 0 Å². The van der Waals surface area contributed by atoms with E-state index >= 15 is 0 Å². The standard InChI is InChI=1S/C17H24O6/c1-17(2,3)10-9-13(14(19)11-18)16(21)23-22-15(20)12-7-5-4-6-8-12/h4-8,13-14,18-19H,9-11H2,1-3H3. The lowest BCUT2D eigenvalue weighted by Gasteiger charge is -2.23. The lowest BCUT2D eigenvalue weighted by atomic mass is 9.85. The van der Waals surface area contributed by atoms with Gasteiger partial charge in [0, 0.05) is 0 Å². The third-order valence-electron chi connectivity index (χ3n) is 3.37. The molecule has 6 heteroatoms. The molecule has 1 rings (SSSR count). The zero-order valence-corrected chi connectivity index (χ0v) is 13.7. The predicted molar refractivity (Wildman–Crippen MR) is 83.2 cm³/mol. The van der Waals surface area contributed by atoms with E-state index in [1.54, 1.807) is 18.2 Å². The Kier molecular flexibility index (Phi) is 7.19. The largest absolute Gasteiger partial charge is 0.394 e. The van der Waals surface area contributed by atoms with Crippen LogP contribution in [-0.4, -0.2) is 34.9 Å². The summed E-state index contributed by atoms with van der Waals surface area (Å²) in [6.45, 7) is 5.42. The van der Waals surface area contributed by atoms with Gasteiger partial charge in [-0.05, 0) is 30.4 Å². The van der Waals surface area contributed by atoms with Gasteiger partial charge in [0.15, 0.2) is 0 Å². The summed E-state index contributed by atoms with van der Waals surface area (Å²) in [5.41, 5.74) is 0.197. The highest BCUT2D eigenvalue weighted by Gasteiger charge is 2.31. The summed E-state index contributed by atoms with van der Waals surface area (Å²) in [6, 6.07) is 8.09. The Morgan fingerprint density at radius 3 is 2.26 bits per heavy atom. The second-order valence-corrected chi connectivity index (χ2v) is 6.59. The SMILES string of the molecule is CC(C)(C)CCC(C(=O)OOC(=O)c1ccccc1)C(O)CO. The van der Waals surface area contributed by atoms with Crippen LogP contribution in [0.25, 0.3) is 0 Å². The molecule has 0 saturated heterocycles. The van der Waals surface area contributed by atoms with Gasteiger partial charge in [-0.2, -0.15) is 0 Å². The van der Waals surface area contributed by atoms with Crippen molar-refractivity contribution in [3.63, 3.8) is 0 Å². The zero-order chi connectivity index (χ0) is 17.5. The molecule has 0 aliphatic heterocycles. The van der Waals surface area contributed by atoms with Gasteiger partial charge in [-0.15, -0.1) is 0 Å². The Balaban J connectivity index is 2.61. The van der Waals surface area contributed by atoms with Crippen molar-refractivity contribution in [2.75, 3.05) is 6.61 Å². The van der Waals surface area contributed by atoms with Crippen molar-refractivity contribution < 1.29 is 29.6 Å². The molecule has 0 aromatic heterocycles. The number of aliphatic hydroxyl groups is 2. The first kappa shape index (κ1) is 19.1. The highest BCUT2D eigenvalue weighted by Crippen LogP contribution is 2.26. The summed E-state index contributed by atoms with van der Waals surface area (Å²) in [7, 11) is 0. The van der Waals surface area contributed by atoms with Gasteiger partial charge < -0.3 is 10.2 Å². The number of benzene rings is 1. The van der Waals surface area contributed by atoms with Gasteiger partial charge in [-0.25, -0.2) is 19.4 Å². The Morgan fingerprint density at radius 2 is 1.74 bits per heavy atom. The van der Waals surface area contributed by atoms with Gasteiger partial charge in [-0.3, -0.25) is 0 Å². The molecule has 0 spiro atoms. The molecule has 0 aliphatic rings. The minimum atomic E-state index is -1.26. The monoisotopic (exact) mass is 324 g/mol. The first-order valence-electron chi connectivity index (χ1n) is 7.51. The summed E-state index contributed by atoms with van der Waals surface area (Å²) in [6.07, 6.45) is -0.316. The van der Waals surface area contributed by atoms with E-state index < -0.39 is 30.6 Å². The molecule has 2 N–H and O–H groups in total. The van der Waals surface area contributed by atoms with E-state index in [9.17, 15) is 14.7 Å². The minimum absolute atomic E-state index is 0.0472. The van der Waals surface area contributed by atoms with Gasteiger partial charge in [-0.1, -0.05) is 39.0 Å². The van der Waals surface area contributed by atoms with Crippen LogP contribution in [0.2, 0.25) is 0 Å². The number of aliphatic hydroxyl groups excluding tert-OH is 2. The van der Waals surface area contributed by atoms with E-state index in [4.69, 9.17) is 5.11 Å². The normalized spacial score (nSPS) is 14.0. The van der Waals surface area contributed by atoms with E-state index in [0.29, 0.717) is 12.8 Å². The van der Waals surface area contributed by atoms with Crippen molar-refractivity contribution >= 4 is 11.9 Å². The molecule has 0 aliphatic carbocycles. The van der Waals surface area contributed by atoms with Crippen LogP contribution in [0.15, 0.2) is 30.3 Å². The summed E-state index contributed by atoms with van der Waals surface area (Å²) in [5, 5.41) is 18.8. The summed E-state index contributed by atoms with van der Waals surface area (Å²) in [5.74, 6) is -2.63. The Morgan fingerprint density at radius 1 is 1.13 bits per heavy atom. The van der Waals surface area contributed by atoms with Gasteiger partial charge in [0.25, 0.3) is 0 Å². The predicted octanol–water partition coefficient (Wildman–Crippen LogP) is 2.10. The summed E-state index contributed by atoms with van der Waals surface area (Å²) < 4.78 is 0. The molecular weight excluding hydrogens is 300 g/mol. The topological polar surface area (TPSA) is 93.1 Å². The van der Waals surface area contributed by atoms with Crippen molar-refractivity contribution in [3.8, 4) is 0 Å². The maximum Gasteiger partial charge on any atom is 0.386 e. The number of carbonyl (C=O) groups is 2. The van der Waals surface area contributed by atoms with E-state index in [0.717, 1.165) is 0 Å². The fourth-order valence-corrected chi connectivity index (χ4v) is 1.95. The Labute approximate surface area is 136 Å². The average Bonchev–Trinajstić information content (AvgIpc) is 2.52. The van der Waals surface area contributed by atoms with Crippen molar-refractivity contribution in [2.24, 2.45) is 11.3 Å². The van der Waals surface area contributed by atoms with E-state index in [1.807, 2.05) is 20.8 Å². The van der Waals surface area contributed by atoms with E-state index in [-0.39, 0.29) is 11.0 Å². The lowest BCUT2D eigenvalue weighted by Crippen LogP contribution is -2.33. The molecule has 6 nitrogen and oxygen atoms in total. The number of hydrogen-bond donors (Lipinski definition) is 2. The first-order valence-corrected chi connectivity index (χ1v) is 7.51. The second-order valence-electron chi connectivity index (χ2n) is 6.59. The molecule has 0 amide bonds. The number of rotatable bonds is 6. The molecule has 1 aromatic carbocycles. The molecule has 128 valence electrons. The van der Waals surface area contributed by atoms with Crippen molar-refractivity contribution in [1.29, 1.82) is 0 Å². The molecule has 2 atom stereocenters. The van der Waals surface area contributed by atoms with Crippen LogP contribution in [0.1, 0.15) is 44.0 Å². The van der Waals surface area contributed by atoms with Crippen LogP contribution >= 0.6 is 0 Å². The summed E-state index contributed by atoms with van der Waals surface area (Å²) in [4.78, 5) is 32.8. The van der Waals surface area contributed by atoms with Crippen LogP contribution in [0.3, 0.4) is 0 Å². The smallest absolute Gasteiger partial charge is 0.386 e. The molecule has 0 radical (unpaired) electrons. The van der Waals surface area contributed by atoms with Crippen molar-refractivity contribution in [3.05, 3.63) is 35.9 Å². The highest BCUT2D eigenvalue weighted by molar-refractivity contribution is 5.89. The molecular formula is C17H24O6. The lowest BCUT2D eigenvalue weighted by molar-refractivity contribution is -0.242. The molecule has 0 heterocycles. The van der Waals surface area contributed by atoms with Crippen LogP contribution in [-0.2, 0) is 14.6 Å². The van der Waals surface area contributed by atoms with Crippen molar-refractivity contribution in [2.45, 2.75) is 39.7 Å². The molecule has 2 unspecified atom stereocenters. The molecule has 23 heavy (non-hydrogen) atoms. The van der Waals surface area contributed by atoms with Crippen LogP contribution < -0.4 is 0 Å². The van der Waals surface area contributed by atoms with Crippen LogP contribution in [0, 0.1) is 11.3 Å². The van der Waals surface area contributed by atoms with Gasteiger partial charge in [0.05, 0.1) is 24.2 Å². The number of hydrogen-bond acceptors (Lipinski definition) is 6. The Hall–Kier alpha value is -1.92. The zero-order valence-electron chi connectivity index (χ0n) is 13.7. The maximum atomic E-state index is 12.0. The quantitative estimate of drug-likeness (QED) is 0.615. The van der Waals surface area contributed by atoms with Crippen molar-refractivity contribution in [1.82, 2.24) is 0 Å². The fraction of sp³-hybridized carbons (Fsp3) is 0.529. The molecule has 1 aromatic rings. The van der Waals surface area contributed by atoms with Crippen LogP contribution in [0.5, 0.6) is 0 Å². The second kappa shape index (κ2) is 8.64. The van der Waals surface area contributed by atoms with Gasteiger partial charge >= 0.3 is 11.9 Å². The highest BCUT2D eigenvalue weighted by atomic mass is 17.2. The third kappa shape index (κ3) is 6.80. The summed E-state index contributed by atoms with van der Waals surface area (Å²) >= 11 is 0. The molecule has 0 bridgehead atoms. The van der Waals surface area contributed by atoms with E-state index in [1.165, 1.54) is 12.1 Å². The molecule has 0 saturated carbocycles. The molecule has 0 fully saturated rings. The minimum Gasteiger partial charge on any atom is -0.394 e. The first-order chi connectivity index (χ1) is 10.7. The third-order valence-corrected chi connectivity index (χ3v) is 3.37. The number of carbonyl (C=O) groups excluding carboxylic acids is 2. The average molecular weight is 324 g/mol. The maximum absolute atomic E-state index is 12.0.